The highest BCUT2D eigenvalue weighted by atomic mass is 127. The highest BCUT2D eigenvalue weighted by Gasteiger charge is 2.20. The molecule has 0 aliphatic carbocycles. The molecule has 0 unspecified atom stereocenters. The summed E-state index contributed by atoms with van der Waals surface area (Å²) < 4.78 is 18.2. The first-order chi connectivity index (χ1) is 6.29. The predicted octanol–water partition coefficient (Wildman–Crippen LogP) is 2.71. The lowest BCUT2D eigenvalue weighted by Gasteiger charge is -2.18. The fourth-order valence-electron chi connectivity index (χ4n) is 0.847. The van der Waals surface area contributed by atoms with Crippen molar-refractivity contribution in [2.45, 2.75) is 26.4 Å². The Morgan fingerprint density at radius 3 is 2.50 bits per heavy atom. The molecule has 5 heteroatoms. The van der Waals surface area contributed by atoms with E-state index in [1.807, 2.05) is 0 Å². The number of aromatic nitrogens is 1. The van der Waals surface area contributed by atoms with Gasteiger partial charge < -0.3 is 9.72 Å². The molecule has 0 atom stereocenters. The van der Waals surface area contributed by atoms with Gasteiger partial charge in [-0.1, -0.05) is 0 Å². The quantitative estimate of drug-likeness (QED) is 0.640. The summed E-state index contributed by atoms with van der Waals surface area (Å²) in [5.74, 6) is -0.981. The zero-order chi connectivity index (χ0) is 10.9. The predicted molar refractivity (Wildman–Crippen MR) is 58.6 cm³/mol. The fourth-order valence-corrected chi connectivity index (χ4v) is 1.29. The Bertz CT molecular complexity index is 335. The number of aromatic amines is 1. The van der Waals surface area contributed by atoms with E-state index in [1.165, 1.54) is 0 Å². The molecule has 1 N–H and O–H groups in total. The number of hydrogen-bond acceptors (Lipinski definition) is 2. The highest BCUT2D eigenvalue weighted by Crippen LogP contribution is 2.15. The first-order valence-electron chi connectivity index (χ1n) is 4.07. The molecule has 0 aliphatic heterocycles. The minimum atomic E-state index is -0.565. The number of ether oxygens (including phenoxy) is 1. The Hall–Kier alpha value is -0.590. The molecule has 1 aromatic heterocycles. The van der Waals surface area contributed by atoms with Gasteiger partial charge in [-0.25, -0.2) is 9.18 Å². The van der Waals surface area contributed by atoms with Gasteiger partial charge in [-0.2, -0.15) is 0 Å². The van der Waals surface area contributed by atoms with Crippen LogP contribution in [-0.2, 0) is 4.74 Å². The molecule has 0 radical (unpaired) electrons. The molecule has 0 bridgehead atoms. The van der Waals surface area contributed by atoms with Gasteiger partial charge in [-0.3, -0.25) is 0 Å². The van der Waals surface area contributed by atoms with Gasteiger partial charge >= 0.3 is 5.97 Å². The number of hydrogen-bond donors (Lipinski definition) is 1. The topological polar surface area (TPSA) is 42.1 Å². The zero-order valence-electron chi connectivity index (χ0n) is 8.15. The number of rotatable bonds is 1. The summed E-state index contributed by atoms with van der Waals surface area (Å²) in [5.41, 5.74) is -0.425. The summed E-state index contributed by atoms with van der Waals surface area (Å²) in [6, 6.07) is 1.13. The van der Waals surface area contributed by atoms with Gasteiger partial charge in [0, 0.05) is 6.07 Å². The number of carbonyl (C=O) groups is 1. The molecule has 1 heterocycles. The molecule has 0 fully saturated rings. The molecule has 0 saturated heterocycles. The second-order valence-corrected chi connectivity index (χ2v) is 4.93. The average Bonchev–Trinajstić information content (AvgIpc) is 2.28. The van der Waals surface area contributed by atoms with E-state index in [-0.39, 0.29) is 5.69 Å². The first kappa shape index (κ1) is 11.5. The lowest BCUT2D eigenvalue weighted by molar-refractivity contribution is 0.00633. The third-order valence-electron chi connectivity index (χ3n) is 1.34. The van der Waals surface area contributed by atoms with Crippen LogP contribution in [0.3, 0.4) is 0 Å². The zero-order valence-corrected chi connectivity index (χ0v) is 10.3. The molecule has 1 aromatic rings. The van der Waals surface area contributed by atoms with E-state index in [2.05, 4.69) is 4.98 Å². The molecule has 0 saturated carbocycles. The summed E-state index contributed by atoms with van der Waals surface area (Å²) in [7, 11) is 0. The molecule has 0 aromatic carbocycles. The molecule has 0 amide bonds. The number of nitrogens with one attached hydrogen (secondary N) is 1. The number of carbonyl (C=O) groups excluding carboxylic acids is 1. The van der Waals surface area contributed by atoms with E-state index in [0.29, 0.717) is 3.70 Å². The standard InChI is InChI=1S/C9H11FINO2/c1-9(2,3)14-8(13)6-4-5(10)7(11)12-6/h4,12H,1-3H3. The van der Waals surface area contributed by atoms with Crippen LogP contribution in [-0.4, -0.2) is 16.6 Å². The van der Waals surface area contributed by atoms with Gasteiger partial charge in [0.2, 0.25) is 0 Å². The average molecular weight is 311 g/mol. The Morgan fingerprint density at radius 1 is 1.57 bits per heavy atom. The van der Waals surface area contributed by atoms with Crippen LogP contribution < -0.4 is 0 Å². The van der Waals surface area contributed by atoms with Gasteiger partial charge in [0.15, 0.2) is 5.82 Å². The summed E-state index contributed by atoms with van der Waals surface area (Å²) >= 11 is 1.78. The molecule has 0 spiro atoms. The van der Waals surface area contributed by atoms with E-state index in [1.54, 1.807) is 43.4 Å². The highest BCUT2D eigenvalue weighted by molar-refractivity contribution is 14.1. The van der Waals surface area contributed by atoms with E-state index < -0.39 is 17.4 Å². The SMILES string of the molecule is CC(C)(C)OC(=O)c1cc(F)c(I)[nH]1. The summed E-state index contributed by atoms with van der Waals surface area (Å²) in [5, 5.41) is 0. The van der Waals surface area contributed by atoms with Crippen molar-refractivity contribution < 1.29 is 13.9 Å². The van der Waals surface area contributed by atoms with Gasteiger partial charge in [0.1, 0.15) is 15.0 Å². The van der Waals surface area contributed by atoms with E-state index in [0.717, 1.165) is 6.07 Å². The van der Waals surface area contributed by atoms with Gasteiger partial charge in [-0.15, -0.1) is 0 Å². The molecule has 1 rings (SSSR count). The summed E-state index contributed by atoms with van der Waals surface area (Å²) in [6.07, 6.45) is 0. The maximum Gasteiger partial charge on any atom is 0.355 e. The monoisotopic (exact) mass is 311 g/mol. The summed E-state index contributed by atoms with van der Waals surface area (Å²) in [6.45, 7) is 5.28. The maximum absolute atomic E-state index is 12.9. The largest absolute Gasteiger partial charge is 0.455 e. The molecule has 0 aliphatic rings. The molecular weight excluding hydrogens is 300 g/mol. The number of H-pyrrole nitrogens is 1. The van der Waals surface area contributed by atoms with Crippen LogP contribution in [0.1, 0.15) is 31.3 Å². The van der Waals surface area contributed by atoms with E-state index in [4.69, 9.17) is 4.74 Å². The summed E-state index contributed by atoms with van der Waals surface area (Å²) in [4.78, 5) is 14.0. The van der Waals surface area contributed by atoms with Gasteiger partial charge in [0.25, 0.3) is 0 Å². The van der Waals surface area contributed by atoms with Gasteiger partial charge in [-0.05, 0) is 43.4 Å². The minimum Gasteiger partial charge on any atom is -0.455 e. The van der Waals surface area contributed by atoms with Crippen molar-refractivity contribution in [1.82, 2.24) is 4.98 Å². The van der Waals surface area contributed by atoms with Crippen LogP contribution in [0.15, 0.2) is 6.07 Å². The van der Waals surface area contributed by atoms with Crippen molar-refractivity contribution in [2.24, 2.45) is 0 Å². The molecule has 3 nitrogen and oxygen atoms in total. The minimum absolute atomic E-state index is 0.141. The van der Waals surface area contributed by atoms with Crippen LogP contribution in [0.25, 0.3) is 0 Å². The molecule has 14 heavy (non-hydrogen) atoms. The molecular formula is C9H11FINO2. The van der Waals surface area contributed by atoms with Crippen molar-refractivity contribution in [3.63, 3.8) is 0 Å². The smallest absolute Gasteiger partial charge is 0.355 e. The molecule has 78 valence electrons. The van der Waals surface area contributed by atoms with Crippen molar-refractivity contribution in [3.8, 4) is 0 Å². The van der Waals surface area contributed by atoms with E-state index >= 15 is 0 Å². The van der Waals surface area contributed by atoms with Crippen molar-refractivity contribution in [1.29, 1.82) is 0 Å². The maximum atomic E-state index is 12.9. The Balaban J connectivity index is 2.80. The Kier molecular flexibility index (Phi) is 3.18. The van der Waals surface area contributed by atoms with Crippen molar-refractivity contribution in [3.05, 3.63) is 21.3 Å². The van der Waals surface area contributed by atoms with Crippen LogP contribution in [0.5, 0.6) is 0 Å². The lowest BCUT2D eigenvalue weighted by Crippen LogP contribution is -2.24. The van der Waals surface area contributed by atoms with Crippen molar-refractivity contribution >= 4 is 28.6 Å². The van der Waals surface area contributed by atoms with Crippen LogP contribution in [0.4, 0.5) is 4.39 Å². The van der Waals surface area contributed by atoms with Gasteiger partial charge in [0.05, 0.1) is 0 Å². The van der Waals surface area contributed by atoms with E-state index in [9.17, 15) is 9.18 Å². The van der Waals surface area contributed by atoms with Crippen molar-refractivity contribution in [2.75, 3.05) is 0 Å². The van der Waals surface area contributed by atoms with Crippen LogP contribution >= 0.6 is 22.6 Å². The third kappa shape index (κ3) is 2.97. The number of esters is 1. The third-order valence-corrected chi connectivity index (χ3v) is 2.13. The first-order valence-corrected chi connectivity index (χ1v) is 5.15. The second-order valence-electron chi connectivity index (χ2n) is 3.85. The Labute approximate surface area is 95.2 Å². The normalized spacial score (nSPS) is 11.5. The fraction of sp³-hybridized carbons (Fsp3) is 0.444. The second kappa shape index (κ2) is 3.88. The van der Waals surface area contributed by atoms with Crippen LogP contribution in [0, 0.1) is 9.52 Å². The lowest BCUT2D eigenvalue weighted by atomic mass is 10.2. The van der Waals surface area contributed by atoms with Crippen LogP contribution in [0.2, 0.25) is 0 Å². The Morgan fingerprint density at radius 2 is 2.14 bits per heavy atom. The number of halogens is 2.